The van der Waals surface area contributed by atoms with E-state index in [1.165, 1.54) is 25.7 Å². The molecule has 0 radical (unpaired) electrons. The van der Waals surface area contributed by atoms with E-state index >= 15 is 0 Å². The highest BCUT2D eigenvalue weighted by Crippen LogP contribution is 1.99. The van der Waals surface area contributed by atoms with Crippen molar-refractivity contribution >= 4 is 0 Å². The van der Waals surface area contributed by atoms with Gasteiger partial charge < -0.3 is 14.8 Å². The van der Waals surface area contributed by atoms with Crippen LogP contribution >= 0.6 is 0 Å². The van der Waals surface area contributed by atoms with Gasteiger partial charge in [-0.05, 0) is 40.3 Å². The Morgan fingerprint density at radius 1 is 0.933 bits per heavy atom. The fourth-order valence-corrected chi connectivity index (χ4v) is 1.30. The molecule has 92 valence electrons. The van der Waals surface area contributed by atoms with E-state index < -0.39 is 0 Å². The van der Waals surface area contributed by atoms with Gasteiger partial charge in [0, 0.05) is 6.61 Å². The van der Waals surface area contributed by atoms with Gasteiger partial charge in [-0.1, -0.05) is 12.8 Å². The van der Waals surface area contributed by atoms with Crippen LogP contribution in [0, 0.1) is 0 Å². The Bertz CT molecular complexity index is 118. The van der Waals surface area contributed by atoms with E-state index in [2.05, 4.69) is 5.32 Å². The maximum Gasteiger partial charge on any atom is 0.0703 e. The molecule has 0 unspecified atom stereocenters. The third kappa shape index (κ3) is 13.9. The molecule has 0 fully saturated rings. The molecular weight excluding hydrogens is 190 g/mol. The average molecular weight is 217 g/mol. The highest BCUT2D eigenvalue weighted by molar-refractivity contribution is 4.45. The van der Waals surface area contributed by atoms with Gasteiger partial charge in [0.15, 0.2) is 0 Å². The number of rotatable bonds is 11. The second-order valence-corrected chi connectivity index (χ2v) is 4.05. The Morgan fingerprint density at radius 3 is 2.33 bits per heavy atom. The lowest BCUT2D eigenvalue weighted by atomic mass is 10.2. The predicted octanol–water partition coefficient (Wildman–Crippen LogP) is 2.21. The summed E-state index contributed by atoms with van der Waals surface area (Å²) in [7, 11) is 2.00. The van der Waals surface area contributed by atoms with E-state index in [1.807, 2.05) is 20.9 Å². The number of unbranched alkanes of at least 4 members (excludes halogenated alkanes) is 3. The van der Waals surface area contributed by atoms with Gasteiger partial charge in [-0.2, -0.15) is 0 Å². The monoisotopic (exact) mass is 217 g/mol. The summed E-state index contributed by atoms with van der Waals surface area (Å²) in [4.78, 5) is 0. The molecule has 0 saturated heterocycles. The molecule has 0 aliphatic rings. The van der Waals surface area contributed by atoms with Crippen molar-refractivity contribution in [2.75, 3.05) is 33.4 Å². The zero-order valence-electron chi connectivity index (χ0n) is 10.6. The lowest BCUT2D eigenvalue weighted by Gasteiger charge is -2.07. The lowest BCUT2D eigenvalue weighted by molar-refractivity contribution is 0.0186. The maximum atomic E-state index is 5.45. The molecule has 0 aliphatic carbocycles. The van der Waals surface area contributed by atoms with Crippen LogP contribution in [0.5, 0.6) is 0 Å². The summed E-state index contributed by atoms with van der Waals surface area (Å²) in [6.45, 7) is 7.54. The highest BCUT2D eigenvalue weighted by Gasteiger charge is 1.93. The molecule has 0 saturated carbocycles. The maximum absolute atomic E-state index is 5.45. The van der Waals surface area contributed by atoms with E-state index in [9.17, 15) is 0 Å². The summed E-state index contributed by atoms with van der Waals surface area (Å²) in [6, 6.07) is 0. The van der Waals surface area contributed by atoms with E-state index in [0.717, 1.165) is 26.4 Å². The standard InChI is InChI=1S/C12H27NO2/c1-12(2)15-11-10-14-9-7-5-4-6-8-13-3/h12-13H,4-11H2,1-3H3. The zero-order valence-corrected chi connectivity index (χ0v) is 10.6. The molecule has 0 atom stereocenters. The molecule has 1 N–H and O–H groups in total. The third-order valence-corrected chi connectivity index (χ3v) is 2.14. The Morgan fingerprint density at radius 2 is 1.67 bits per heavy atom. The number of ether oxygens (including phenoxy) is 2. The van der Waals surface area contributed by atoms with Crippen molar-refractivity contribution in [2.45, 2.75) is 45.6 Å². The molecule has 0 amide bonds. The van der Waals surface area contributed by atoms with Crippen LogP contribution < -0.4 is 5.32 Å². The summed E-state index contributed by atoms with van der Waals surface area (Å²) < 4.78 is 10.8. The average Bonchev–Trinajstić information content (AvgIpc) is 2.20. The molecule has 0 heterocycles. The number of nitrogens with one attached hydrogen (secondary N) is 1. The molecule has 0 spiro atoms. The van der Waals surface area contributed by atoms with Crippen LogP contribution in [-0.4, -0.2) is 39.5 Å². The number of hydrogen-bond acceptors (Lipinski definition) is 3. The van der Waals surface area contributed by atoms with Crippen LogP contribution in [0.3, 0.4) is 0 Å². The van der Waals surface area contributed by atoms with E-state index in [0.29, 0.717) is 6.10 Å². The minimum absolute atomic E-state index is 0.315. The minimum Gasteiger partial charge on any atom is -0.379 e. The van der Waals surface area contributed by atoms with E-state index in [4.69, 9.17) is 9.47 Å². The van der Waals surface area contributed by atoms with Crippen molar-refractivity contribution < 1.29 is 9.47 Å². The van der Waals surface area contributed by atoms with E-state index in [-0.39, 0.29) is 0 Å². The Hall–Kier alpha value is -0.120. The van der Waals surface area contributed by atoms with Crippen LogP contribution in [-0.2, 0) is 9.47 Å². The van der Waals surface area contributed by atoms with Crippen LogP contribution in [0.25, 0.3) is 0 Å². The van der Waals surface area contributed by atoms with Gasteiger partial charge >= 0.3 is 0 Å². The molecule has 0 bridgehead atoms. The quantitative estimate of drug-likeness (QED) is 0.538. The largest absolute Gasteiger partial charge is 0.379 e. The van der Waals surface area contributed by atoms with Gasteiger partial charge in [0.25, 0.3) is 0 Å². The summed E-state index contributed by atoms with van der Waals surface area (Å²) in [5, 5.41) is 3.15. The SMILES string of the molecule is CNCCCCCCOCCOC(C)C. The lowest BCUT2D eigenvalue weighted by Crippen LogP contribution is -2.10. The predicted molar refractivity (Wildman–Crippen MR) is 64.3 cm³/mol. The first-order chi connectivity index (χ1) is 7.27. The molecule has 3 heteroatoms. The molecule has 0 aromatic carbocycles. The topological polar surface area (TPSA) is 30.5 Å². The normalized spacial score (nSPS) is 11.2. The van der Waals surface area contributed by atoms with Crippen molar-refractivity contribution in [1.29, 1.82) is 0 Å². The second-order valence-electron chi connectivity index (χ2n) is 4.05. The van der Waals surface area contributed by atoms with Gasteiger partial charge in [0.2, 0.25) is 0 Å². The molecule has 0 aliphatic heterocycles. The van der Waals surface area contributed by atoms with Crippen LogP contribution in [0.2, 0.25) is 0 Å². The first-order valence-corrected chi connectivity index (χ1v) is 6.11. The molecule has 0 rings (SSSR count). The van der Waals surface area contributed by atoms with Gasteiger partial charge in [0.05, 0.1) is 19.3 Å². The first-order valence-electron chi connectivity index (χ1n) is 6.11. The smallest absolute Gasteiger partial charge is 0.0703 e. The molecule has 15 heavy (non-hydrogen) atoms. The summed E-state index contributed by atoms with van der Waals surface area (Å²) in [5.74, 6) is 0. The molecular formula is C12H27NO2. The van der Waals surface area contributed by atoms with Gasteiger partial charge in [-0.3, -0.25) is 0 Å². The Labute approximate surface area is 94.5 Å². The van der Waals surface area contributed by atoms with Crippen LogP contribution in [0.15, 0.2) is 0 Å². The summed E-state index contributed by atoms with van der Waals surface area (Å²) >= 11 is 0. The van der Waals surface area contributed by atoms with Crippen molar-refractivity contribution in [2.24, 2.45) is 0 Å². The fourth-order valence-electron chi connectivity index (χ4n) is 1.30. The van der Waals surface area contributed by atoms with Crippen LogP contribution in [0.4, 0.5) is 0 Å². The minimum atomic E-state index is 0.315. The van der Waals surface area contributed by atoms with Crippen molar-refractivity contribution in [3.05, 3.63) is 0 Å². The molecule has 0 aromatic heterocycles. The van der Waals surface area contributed by atoms with Crippen LogP contribution in [0.1, 0.15) is 39.5 Å². The number of hydrogen-bond donors (Lipinski definition) is 1. The van der Waals surface area contributed by atoms with Crippen molar-refractivity contribution in [3.63, 3.8) is 0 Å². The van der Waals surface area contributed by atoms with Gasteiger partial charge in [0.1, 0.15) is 0 Å². The van der Waals surface area contributed by atoms with E-state index in [1.54, 1.807) is 0 Å². The van der Waals surface area contributed by atoms with Crippen molar-refractivity contribution in [1.82, 2.24) is 5.32 Å². The third-order valence-electron chi connectivity index (χ3n) is 2.14. The summed E-state index contributed by atoms with van der Waals surface area (Å²) in [6.07, 6.45) is 5.33. The second kappa shape index (κ2) is 12.0. The van der Waals surface area contributed by atoms with Crippen molar-refractivity contribution in [3.8, 4) is 0 Å². The Kier molecular flexibility index (Phi) is 11.9. The Balaban J connectivity index is 2.87. The zero-order chi connectivity index (χ0) is 11.4. The molecule has 0 aromatic rings. The highest BCUT2D eigenvalue weighted by atomic mass is 16.5. The fraction of sp³-hybridized carbons (Fsp3) is 1.00. The van der Waals surface area contributed by atoms with Gasteiger partial charge in [-0.25, -0.2) is 0 Å². The molecule has 3 nitrogen and oxygen atoms in total. The van der Waals surface area contributed by atoms with Gasteiger partial charge in [-0.15, -0.1) is 0 Å². The first kappa shape index (κ1) is 14.9. The summed E-state index contributed by atoms with van der Waals surface area (Å²) in [5.41, 5.74) is 0.